The Bertz CT molecular complexity index is 629. The van der Waals surface area contributed by atoms with Crippen LogP contribution in [-0.4, -0.2) is 47.0 Å². The maximum atomic E-state index is 12.4. The zero-order valence-corrected chi connectivity index (χ0v) is 12.9. The fourth-order valence-corrected chi connectivity index (χ4v) is 2.41. The van der Waals surface area contributed by atoms with Gasteiger partial charge in [-0.3, -0.25) is 4.79 Å². The number of piperazine rings is 1. The summed E-state index contributed by atoms with van der Waals surface area (Å²) in [5, 5.41) is 0. The summed E-state index contributed by atoms with van der Waals surface area (Å²) in [5.74, 6) is 1.25. The van der Waals surface area contributed by atoms with E-state index in [9.17, 15) is 4.79 Å². The highest BCUT2D eigenvalue weighted by molar-refractivity contribution is 5.92. The summed E-state index contributed by atoms with van der Waals surface area (Å²) in [6.07, 6.45) is 1.78. The summed E-state index contributed by atoms with van der Waals surface area (Å²) >= 11 is 0. The van der Waals surface area contributed by atoms with Crippen molar-refractivity contribution in [2.75, 3.05) is 36.8 Å². The molecule has 0 spiro atoms. The molecule has 3 heterocycles. The SMILES string of the molecule is Cl.Nc1cccc(C(=O)N2CCN(c3ccccn3)CC2)n1. The van der Waals surface area contributed by atoms with Crippen molar-refractivity contribution in [2.24, 2.45) is 0 Å². The van der Waals surface area contributed by atoms with Crippen LogP contribution in [0.3, 0.4) is 0 Å². The first-order valence-electron chi connectivity index (χ1n) is 6.92. The Morgan fingerprint density at radius 1 is 1.05 bits per heavy atom. The van der Waals surface area contributed by atoms with Crippen molar-refractivity contribution in [1.82, 2.24) is 14.9 Å². The Hall–Kier alpha value is -2.34. The van der Waals surface area contributed by atoms with Gasteiger partial charge in [-0.15, -0.1) is 12.4 Å². The first-order chi connectivity index (χ1) is 10.2. The van der Waals surface area contributed by atoms with Crippen LogP contribution in [0.2, 0.25) is 0 Å². The minimum Gasteiger partial charge on any atom is -0.384 e. The molecule has 2 aromatic rings. The molecular formula is C15H18ClN5O. The van der Waals surface area contributed by atoms with Gasteiger partial charge in [0.1, 0.15) is 17.3 Å². The van der Waals surface area contributed by atoms with Gasteiger partial charge in [0.2, 0.25) is 0 Å². The van der Waals surface area contributed by atoms with Crippen LogP contribution in [0.15, 0.2) is 42.6 Å². The highest BCUT2D eigenvalue weighted by Gasteiger charge is 2.23. The van der Waals surface area contributed by atoms with Gasteiger partial charge in [0, 0.05) is 32.4 Å². The molecule has 1 saturated heterocycles. The second kappa shape index (κ2) is 7.09. The number of nitrogen functional groups attached to an aromatic ring is 1. The predicted molar refractivity (Wildman–Crippen MR) is 88.3 cm³/mol. The summed E-state index contributed by atoms with van der Waals surface area (Å²) in [6.45, 7) is 2.86. The number of hydrogen-bond donors (Lipinski definition) is 1. The molecule has 1 fully saturated rings. The number of carbonyl (C=O) groups excluding carboxylic acids is 1. The third-order valence-corrected chi connectivity index (χ3v) is 3.53. The van der Waals surface area contributed by atoms with Gasteiger partial charge >= 0.3 is 0 Å². The Morgan fingerprint density at radius 2 is 1.82 bits per heavy atom. The topological polar surface area (TPSA) is 75.4 Å². The Balaban J connectivity index is 0.00000176. The number of pyridine rings is 2. The molecule has 1 amide bonds. The molecule has 116 valence electrons. The zero-order chi connectivity index (χ0) is 14.7. The molecule has 0 radical (unpaired) electrons. The largest absolute Gasteiger partial charge is 0.384 e. The molecule has 0 unspecified atom stereocenters. The first kappa shape index (κ1) is 16.0. The van der Waals surface area contributed by atoms with Gasteiger partial charge in [0.05, 0.1) is 0 Å². The molecule has 0 aromatic carbocycles. The Kier molecular flexibility index (Phi) is 5.16. The monoisotopic (exact) mass is 319 g/mol. The number of nitrogens with two attached hydrogens (primary N) is 1. The minimum atomic E-state index is -0.0667. The van der Waals surface area contributed by atoms with Gasteiger partial charge in [-0.25, -0.2) is 9.97 Å². The van der Waals surface area contributed by atoms with Crippen molar-refractivity contribution in [3.8, 4) is 0 Å². The predicted octanol–water partition coefficient (Wildman–Crippen LogP) is 1.44. The fourth-order valence-electron chi connectivity index (χ4n) is 2.41. The van der Waals surface area contributed by atoms with Crippen LogP contribution in [0.1, 0.15) is 10.5 Å². The number of halogens is 1. The van der Waals surface area contributed by atoms with E-state index in [0.717, 1.165) is 18.9 Å². The van der Waals surface area contributed by atoms with E-state index in [1.54, 1.807) is 29.3 Å². The third kappa shape index (κ3) is 3.46. The number of nitrogens with zero attached hydrogens (tertiary/aromatic N) is 4. The average Bonchev–Trinajstić information content (AvgIpc) is 2.55. The molecular weight excluding hydrogens is 302 g/mol. The van der Waals surface area contributed by atoms with Crippen LogP contribution in [0.5, 0.6) is 0 Å². The van der Waals surface area contributed by atoms with Crippen molar-refractivity contribution in [3.05, 3.63) is 48.3 Å². The lowest BCUT2D eigenvalue weighted by molar-refractivity contribution is 0.0741. The molecule has 6 nitrogen and oxygen atoms in total. The summed E-state index contributed by atoms with van der Waals surface area (Å²) in [6, 6.07) is 11.0. The molecule has 0 saturated carbocycles. The average molecular weight is 320 g/mol. The third-order valence-electron chi connectivity index (χ3n) is 3.53. The van der Waals surface area contributed by atoms with E-state index >= 15 is 0 Å². The lowest BCUT2D eigenvalue weighted by Crippen LogP contribution is -2.49. The van der Waals surface area contributed by atoms with Gasteiger partial charge in [-0.05, 0) is 24.3 Å². The maximum absolute atomic E-state index is 12.4. The molecule has 1 aliphatic heterocycles. The van der Waals surface area contributed by atoms with Gasteiger partial charge < -0.3 is 15.5 Å². The lowest BCUT2D eigenvalue weighted by atomic mass is 10.2. The van der Waals surface area contributed by atoms with Gasteiger partial charge in [-0.2, -0.15) is 0 Å². The van der Waals surface area contributed by atoms with E-state index in [1.165, 1.54) is 0 Å². The highest BCUT2D eigenvalue weighted by atomic mass is 35.5. The number of rotatable bonds is 2. The molecule has 2 N–H and O–H groups in total. The summed E-state index contributed by atoms with van der Waals surface area (Å²) in [5.41, 5.74) is 6.03. The molecule has 7 heteroatoms. The number of hydrogen-bond acceptors (Lipinski definition) is 5. The zero-order valence-electron chi connectivity index (χ0n) is 12.1. The Morgan fingerprint density at radius 3 is 2.45 bits per heavy atom. The molecule has 22 heavy (non-hydrogen) atoms. The molecule has 0 bridgehead atoms. The quantitative estimate of drug-likeness (QED) is 0.906. The second-order valence-corrected chi connectivity index (χ2v) is 4.91. The van der Waals surface area contributed by atoms with Crippen LogP contribution in [0.4, 0.5) is 11.6 Å². The first-order valence-corrected chi connectivity index (χ1v) is 6.92. The van der Waals surface area contributed by atoms with Crippen LogP contribution in [0, 0.1) is 0 Å². The fraction of sp³-hybridized carbons (Fsp3) is 0.267. The van der Waals surface area contributed by atoms with Crippen molar-refractivity contribution in [3.63, 3.8) is 0 Å². The summed E-state index contributed by atoms with van der Waals surface area (Å²) in [4.78, 5) is 24.8. The highest BCUT2D eigenvalue weighted by Crippen LogP contribution is 2.14. The molecule has 1 aliphatic rings. The number of anilines is 2. The van der Waals surface area contributed by atoms with E-state index in [0.29, 0.717) is 24.6 Å². The molecule has 2 aromatic heterocycles. The lowest BCUT2D eigenvalue weighted by Gasteiger charge is -2.35. The summed E-state index contributed by atoms with van der Waals surface area (Å²) < 4.78 is 0. The molecule has 0 atom stereocenters. The van der Waals surface area contributed by atoms with Gasteiger partial charge in [0.25, 0.3) is 5.91 Å². The molecule has 3 rings (SSSR count). The van der Waals surface area contributed by atoms with Gasteiger partial charge in [-0.1, -0.05) is 12.1 Å². The van der Waals surface area contributed by atoms with E-state index in [2.05, 4.69) is 14.9 Å². The van der Waals surface area contributed by atoms with Crippen LogP contribution < -0.4 is 10.6 Å². The van der Waals surface area contributed by atoms with Crippen LogP contribution >= 0.6 is 12.4 Å². The number of amides is 1. The van der Waals surface area contributed by atoms with Crippen LogP contribution in [0.25, 0.3) is 0 Å². The number of aromatic nitrogens is 2. The van der Waals surface area contributed by atoms with E-state index < -0.39 is 0 Å². The van der Waals surface area contributed by atoms with E-state index in [-0.39, 0.29) is 18.3 Å². The van der Waals surface area contributed by atoms with E-state index in [4.69, 9.17) is 5.73 Å². The standard InChI is InChI=1S/C15H17N5O.ClH/c16-13-5-3-4-12(18-13)15(21)20-10-8-19(9-11-20)14-6-1-2-7-17-14;/h1-7H,8-11H2,(H2,16,18);1H. The Labute approximate surface area is 135 Å². The van der Waals surface area contributed by atoms with Gasteiger partial charge in [0.15, 0.2) is 0 Å². The smallest absolute Gasteiger partial charge is 0.272 e. The normalized spacial score (nSPS) is 14.4. The second-order valence-electron chi connectivity index (χ2n) is 4.91. The molecule has 0 aliphatic carbocycles. The van der Waals surface area contributed by atoms with Crippen molar-refractivity contribution in [2.45, 2.75) is 0 Å². The number of carbonyl (C=O) groups is 1. The maximum Gasteiger partial charge on any atom is 0.272 e. The van der Waals surface area contributed by atoms with Crippen molar-refractivity contribution >= 4 is 29.9 Å². The van der Waals surface area contributed by atoms with Crippen molar-refractivity contribution < 1.29 is 4.79 Å². The minimum absolute atomic E-state index is 0. The summed E-state index contributed by atoms with van der Waals surface area (Å²) in [7, 11) is 0. The van der Waals surface area contributed by atoms with Crippen LogP contribution in [-0.2, 0) is 0 Å². The van der Waals surface area contributed by atoms with Crippen molar-refractivity contribution in [1.29, 1.82) is 0 Å². The van der Waals surface area contributed by atoms with E-state index in [1.807, 2.05) is 18.2 Å².